The van der Waals surface area contributed by atoms with Crippen LogP contribution in [-0.2, 0) is 0 Å². The summed E-state index contributed by atoms with van der Waals surface area (Å²) >= 11 is 0. The van der Waals surface area contributed by atoms with Crippen molar-refractivity contribution in [3.8, 4) is 11.3 Å². The van der Waals surface area contributed by atoms with Crippen LogP contribution in [0.4, 0.5) is 11.4 Å². The Morgan fingerprint density at radius 3 is 2.57 bits per heavy atom. The summed E-state index contributed by atoms with van der Waals surface area (Å²) in [5.41, 5.74) is 8.60. The molecule has 23 heavy (non-hydrogen) atoms. The van der Waals surface area contributed by atoms with Crippen molar-refractivity contribution in [1.29, 1.82) is 0 Å². The van der Waals surface area contributed by atoms with Crippen LogP contribution in [0.2, 0.25) is 0 Å². The molecule has 114 valence electrons. The van der Waals surface area contributed by atoms with Gasteiger partial charge in [-0.05, 0) is 30.3 Å². The fraction of sp³-hybridized carbons (Fsp3) is 0. The van der Waals surface area contributed by atoms with Gasteiger partial charge < -0.3 is 16.0 Å². The summed E-state index contributed by atoms with van der Waals surface area (Å²) in [6, 6.07) is 13.9. The van der Waals surface area contributed by atoms with Crippen molar-refractivity contribution in [3.63, 3.8) is 0 Å². The lowest BCUT2D eigenvalue weighted by atomic mass is 10.1. The van der Waals surface area contributed by atoms with E-state index in [0.717, 1.165) is 5.56 Å². The van der Waals surface area contributed by atoms with Crippen LogP contribution in [-0.4, -0.2) is 15.9 Å². The standard InChI is InChI=1S/C17H14N4O2/c18-13-3-1-2-12(8-13)17(23)21-14-6-4-11(5-7-14)15-9-20-16(22)10-19-15/h1-10H,18H2,(H,20,22)(H,21,23). The van der Waals surface area contributed by atoms with E-state index in [-0.39, 0.29) is 11.5 Å². The van der Waals surface area contributed by atoms with E-state index in [9.17, 15) is 9.59 Å². The minimum Gasteiger partial charge on any atom is -0.399 e. The van der Waals surface area contributed by atoms with Crippen molar-refractivity contribution in [2.45, 2.75) is 0 Å². The van der Waals surface area contributed by atoms with Crippen molar-refractivity contribution in [3.05, 3.63) is 76.8 Å². The summed E-state index contributed by atoms with van der Waals surface area (Å²) in [7, 11) is 0. The first-order valence-corrected chi connectivity index (χ1v) is 6.94. The quantitative estimate of drug-likeness (QED) is 0.646. The number of nitrogens with two attached hydrogens (primary N) is 1. The lowest BCUT2D eigenvalue weighted by Gasteiger charge is -2.07. The topological polar surface area (TPSA) is 101 Å². The second-order valence-corrected chi connectivity index (χ2v) is 4.95. The monoisotopic (exact) mass is 306 g/mol. The molecule has 1 amide bonds. The summed E-state index contributed by atoms with van der Waals surface area (Å²) in [6.45, 7) is 0. The molecule has 0 saturated heterocycles. The van der Waals surface area contributed by atoms with Gasteiger partial charge in [0.2, 0.25) is 0 Å². The SMILES string of the molecule is Nc1cccc(C(=O)Nc2ccc(-c3c[nH]c(=O)cn3)cc2)c1. The van der Waals surface area contributed by atoms with Gasteiger partial charge in [0.1, 0.15) is 0 Å². The molecular weight excluding hydrogens is 292 g/mol. The van der Waals surface area contributed by atoms with E-state index in [4.69, 9.17) is 5.73 Å². The molecule has 1 aromatic heterocycles. The predicted octanol–water partition coefficient (Wildman–Crippen LogP) is 2.27. The molecule has 4 N–H and O–H groups in total. The van der Waals surface area contributed by atoms with E-state index >= 15 is 0 Å². The van der Waals surface area contributed by atoms with Crippen LogP contribution >= 0.6 is 0 Å². The Bertz CT molecular complexity index is 880. The van der Waals surface area contributed by atoms with Crippen LogP contribution in [0.1, 0.15) is 10.4 Å². The van der Waals surface area contributed by atoms with Gasteiger partial charge in [0.25, 0.3) is 11.5 Å². The Morgan fingerprint density at radius 2 is 1.91 bits per heavy atom. The number of hydrogen-bond donors (Lipinski definition) is 3. The smallest absolute Gasteiger partial charge is 0.266 e. The number of aromatic nitrogens is 2. The van der Waals surface area contributed by atoms with Gasteiger partial charge >= 0.3 is 0 Å². The molecule has 0 atom stereocenters. The highest BCUT2D eigenvalue weighted by Gasteiger charge is 2.06. The van der Waals surface area contributed by atoms with Crippen molar-refractivity contribution in [1.82, 2.24) is 9.97 Å². The Kier molecular flexibility index (Phi) is 3.88. The molecule has 0 saturated carbocycles. The molecule has 0 bridgehead atoms. The highest BCUT2D eigenvalue weighted by atomic mass is 16.1. The Balaban J connectivity index is 1.76. The summed E-state index contributed by atoms with van der Waals surface area (Å²) < 4.78 is 0. The molecule has 0 unspecified atom stereocenters. The van der Waals surface area contributed by atoms with Crippen LogP contribution < -0.4 is 16.6 Å². The van der Waals surface area contributed by atoms with Gasteiger partial charge in [0.15, 0.2) is 0 Å². The van der Waals surface area contributed by atoms with Crippen LogP contribution in [0.25, 0.3) is 11.3 Å². The highest BCUT2D eigenvalue weighted by Crippen LogP contribution is 2.19. The van der Waals surface area contributed by atoms with E-state index in [1.54, 1.807) is 42.6 Å². The average Bonchev–Trinajstić information content (AvgIpc) is 2.56. The van der Waals surface area contributed by atoms with E-state index in [0.29, 0.717) is 22.6 Å². The van der Waals surface area contributed by atoms with Crippen LogP contribution in [0.5, 0.6) is 0 Å². The summed E-state index contributed by atoms with van der Waals surface area (Å²) in [5.74, 6) is -0.229. The maximum Gasteiger partial charge on any atom is 0.266 e. The van der Waals surface area contributed by atoms with Gasteiger partial charge in [0, 0.05) is 28.7 Å². The molecule has 6 nitrogen and oxygen atoms in total. The first-order chi connectivity index (χ1) is 11.1. The van der Waals surface area contributed by atoms with E-state index < -0.39 is 0 Å². The normalized spacial score (nSPS) is 10.3. The molecule has 0 fully saturated rings. The van der Waals surface area contributed by atoms with E-state index in [1.165, 1.54) is 6.20 Å². The fourth-order valence-corrected chi connectivity index (χ4v) is 2.11. The lowest BCUT2D eigenvalue weighted by Crippen LogP contribution is -2.12. The Hall–Kier alpha value is -3.41. The van der Waals surface area contributed by atoms with Crippen LogP contribution in [0.3, 0.4) is 0 Å². The average molecular weight is 306 g/mol. The number of amides is 1. The zero-order valence-electron chi connectivity index (χ0n) is 12.1. The number of carbonyl (C=O) groups is 1. The minimum absolute atomic E-state index is 0.229. The number of aromatic amines is 1. The first kappa shape index (κ1) is 14.5. The number of hydrogen-bond acceptors (Lipinski definition) is 4. The number of nitrogens with zero attached hydrogens (tertiary/aromatic N) is 1. The van der Waals surface area contributed by atoms with Gasteiger partial charge in [-0.2, -0.15) is 0 Å². The number of nitrogen functional groups attached to an aromatic ring is 1. The van der Waals surface area contributed by atoms with Gasteiger partial charge in [-0.1, -0.05) is 18.2 Å². The molecule has 0 radical (unpaired) electrons. The summed E-state index contributed by atoms with van der Waals surface area (Å²) in [6.07, 6.45) is 2.77. The van der Waals surface area contributed by atoms with Crippen molar-refractivity contribution in [2.75, 3.05) is 11.1 Å². The predicted molar refractivity (Wildman–Crippen MR) is 89.1 cm³/mol. The summed E-state index contributed by atoms with van der Waals surface area (Å²) in [4.78, 5) is 29.8. The van der Waals surface area contributed by atoms with Crippen molar-refractivity contribution in [2.24, 2.45) is 0 Å². The fourth-order valence-electron chi connectivity index (χ4n) is 2.11. The first-order valence-electron chi connectivity index (χ1n) is 6.94. The largest absolute Gasteiger partial charge is 0.399 e. The van der Waals surface area contributed by atoms with Gasteiger partial charge in [-0.25, -0.2) is 4.98 Å². The van der Waals surface area contributed by atoms with Crippen molar-refractivity contribution < 1.29 is 4.79 Å². The van der Waals surface area contributed by atoms with Crippen molar-refractivity contribution >= 4 is 17.3 Å². The Morgan fingerprint density at radius 1 is 1.13 bits per heavy atom. The molecule has 0 aliphatic heterocycles. The maximum absolute atomic E-state index is 12.1. The summed E-state index contributed by atoms with van der Waals surface area (Å²) in [5, 5.41) is 2.80. The zero-order valence-corrected chi connectivity index (χ0v) is 12.1. The lowest BCUT2D eigenvalue weighted by molar-refractivity contribution is 0.102. The van der Waals surface area contributed by atoms with Gasteiger partial charge in [-0.15, -0.1) is 0 Å². The van der Waals surface area contributed by atoms with E-state index in [2.05, 4.69) is 15.3 Å². The zero-order chi connectivity index (χ0) is 16.2. The van der Waals surface area contributed by atoms with Gasteiger partial charge in [-0.3, -0.25) is 9.59 Å². The number of nitrogens with one attached hydrogen (secondary N) is 2. The van der Waals surface area contributed by atoms with Gasteiger partial charge in [0.05, 0.1) is 11.9 Å². The third-order valence-electron chi connectivity index (χ3n) is 3.26. The highest BCUT2D eigenvalue weighted by molar-refractivity contribution is 6.04. The molecule has 0 aliphatic rings. The third-order valence-corrected chi connectivity index (χ3v) is 3.26. The maximum atomic E-state index is 12.1. The molecule has 2 aromatic carbocycles. The molecule has 3 rings (SSSR count). The third kappa shape index (κ3) is 3.44. The second-order valence-electron chi connectivity index (χ2n) is 4.95. The van der Waals surface area contributed by atoms with Crippen LogP contribution in [0.15, 0.2) is 65.7 Å². The van der Waals surface area contributed by atoms with E-state index in [1.807, 2.05) is 12.1 Å². The number of anilines is 2. The molecule has 6 heteroatoms. The number of benzene rings is 2. The Labute approximate surface area is 132 Å². The molecule has 1 heterocycles. The molecule has 0 aliphatic carbocycles. The minimum atomic E-state index is -0.250. The molecule has 3 aromatic rings. The number of rotatable bonds is 3. The number of carbonyl (C=O) groups excluding carboxylic acids is 1. The molecular formula is C17H14N4O2. The number of H-pyrrole nitrogens is 1. The molecule has 0 spiro atoms. The van der Waals surface area contributed by atoms with Crippen LogP contribution in [0, 0.1) is 0 Å². The second kappa shape index (κ2) is 6.15.